The first-order chi connectivity index (χ1) is 14.6. The van der Waals surface area contributed by atoms with Gasteiger partial charge in [-0.25, -0.2) is 4.79 Å². The van der Waals surface area contributed by atoms with Crippen molar-refractivity contribution < 1.29 is 19.1 Å². The molecule has 3 aromatic carbocycles. The Bertz CT molecular complexity index is 1290. The zero-order valence-electron chi connectivity index (χ0n) is 16.3. The van der Waals surface area contributed by atoms with E-state index in [1.54, 1.807) is 12.1 Å². The van der Waals surface area contributed by atoms with Crippen molar-refractivity contribution in [3.8, 4) is 17.0 Å². The second-order valence-corrected chi connectivity index (χ2v) is 7.21. The van der Waals surface area contributed by atoms with E-state index in [9.17, 15) is 9.59 Å². The number of methoxy groups -OCH3 is 1. The Morgan fingerprint density at radius 2 is 2.00 bits per heavy atom. The van der Waals surface area contributed by atoms with E-state index in [2.05, 4.69) is 33.7 Å². The molecule has 7 heteroatoms. The number of carbonyl (C=O) groups is 2. The van der Waals surface area contributed by atoms with Crippen LogP contribution in [0.15, 0.2) is 54.6 Å². The molecular weight excluding hydrogens is 382 g/mol. The number of rotatable bonds is 4. The Morgan fingerprint density at radius 3 is 2.77 bits per heavy atom. The molecule has 1 atom stereocenters. The number of cyclic esters (lactones) is 1. The molecule has 0 bridgehead atoms. The number of H-pyrrole nitrogens is 1. The molecule has 1 aliphatic heterocycles. The Kier molecular flexibility index (Phi) is 4.35. The van der Waals surface area contributed by atoms with Crippen LogP contribution in [-0.2, 0) is 9.53 Å². The summed E-state index contributed by atoms with van der Waals surface area (Å²) >= 11 is 0. The summed E-state index contributed by atoms with van der Waals surface area (Å²) in [5.74, 6) is -0.396. The van der Waals surface area contributed by atoms with Gasteiger partial charge in [0.15, 0.2) is 0 Å². The van der Waals surface area contributed by atoms with E-state index in [4.69, 9.17) is 9.47 Å². The first-order valence-electron chi connectivity index (χ1n) is 9.67. The number of hydrogen-bond acceptors (Lipinski definition) is 5. The van der Waals surface area contributed by atoms with Crippen LogP contribution in [0.2, 0.25) is 0 Å². The van der Waals surface area contributed by atoms with Crippen LogP contribution < -0.4 is 10.1 Å². The number of carbonyl (C=O) groups excluding carboxylic acids is 2. The maximum atomic E-state index is 12.9. The molecule has 1 aromatic heterocycles. The molecule has 150 valence electrons. The topological polar surface area (TPSA) is 93.3 Å². The van der Waals surface area contributed by atoms with Crippen LogP contribution in [0.3, 0.4) is 0 Å². The second kappa shape index (κ2) is 7.18. The molecule has 1 amide bonds. The molecule has 0 saturated carbocycles. The van der Waals surface area contributed by atoms with Gasteiger partial charge < -0.3 is 14.8 Å². The van der Waals surface area contributed by atoms with E-state index < -0.39 is 12.0 Å². The average molecular weight is 401 g/mol. The minimum Gasteiger partial charge on any atom is -0.496 e. The summed E-state index contributed by atoms with van der Waals surface area (Å²) in [5.41, 5.74) is 2.78. The number of amides is 1. The van der Waals surface area contributed by atoms with Crippen LogP contribution in [-0.4, -0.2) is 41.8 Å². The van der Waals surface area contributed by atoms with Gasteiger partial charge in [-0.05, 0) is 22.9 Å². The Hall–Kier alpha value is -3.87. The summed E-state index contributed by atoms with van der Waals surface area (Å²) < 4.78 is 10.3. The largest absolute Gasteiger partial charge is 0.496 e. The third-order valence-corrected chi connectivity index (χ3v) is 5.39. The van der Waals surface area contributed by atoms with Crippen LogP contribution in [0.25, 0.3) is 32.9 Å². The highest BCUT2D eigenvalue weighted by Gasteiger charge is 2.29. The predicted octanol–water partition coefficient (Wildman–Crippen LogP) is 3.44. The molecule has 0 unspecified atom stereocenters. The molecule has 2 N–H and O–H groups in total. The van der Waals surface area contributed by atoms with Crippen LogP contribution in [0.4, 0.5) is 0 Å². The van der Waals surface area contributed by atoms with Gasteiger partial charge in [0.05, 0.1) is 30.5 Å². The Balaban J connectivity index is 1.58. The van der Waals surface area contributed by atoms with Gasteiger partial charge in [-0.2, -0.15) is 5.10 Å². The number of aromatic nitrogens is 2. The van der Waals surface area contributed by atoms with Crippen LogP contribution >= 0.6 is 0 Å². The molecule has 7 nitrogen and oxygen atoms in total. The summed E-state index contributed by atoms with van der Waals surface area (Å²) in [7, 11) is 1.50. The molecule has 1 saturated heterocycles. The lowest BCUT2D eigenvalue weighted by molar-refractivity contribution is -0.139. The maximum absolute atomic E-state index is 12.9. The Labute approximate surface area is 172 Å². The van der Waals surface area contributed by atoms with Crippen LogP contribution in [0, 0.1) is 0 Å². The van der Waals surface area contributed by atoms with Gasteiger partial charge in [0, 0.05) is 23.4 Å². The van der Waals surface area contributed by atoms with Crippen molar-refractivity contribution in [2.24, 2.45) is 0 Å². The van der Waals surface area contributed by atoms with Crippen molar-refractivity contribution >= 4 is 33.6 Å². The average Bonchev–Trinajstić information content (AvgIpc) is 3.38. The highest BCUT2D eigenvalue weighted by atomic mass is 16.5. The van der Waals surface area contributed by atoms with Crippen molar-refractivity contribution in [1.82, 2.24) is 15.5 Å². The molecule has 5 rings (SSSR count). The number of ether oxygens (including phenoxy) is 2. The number of nitrogens with zero attached hydrogens (tertiary/aromatic N) is 1. The zero-order valence-corrected chi connectivity index (χ0v) is 16.3. The lowest BCUT2D eigenvalue weighted by Crippen LogP contribution is -2.38. The van der Waals surface area contributed by atoms with Gasteiger partial charge in [-0.15, -0.1) is 0 Å². The summed E-state index contributed by atoms with van der Waals surface area (Å²) in [6, 6.07) is 17.1. The number of aromatic amines is 1. The summed E-state index contributed by atoms with van der Waals surface area (Å²) in [4.78, 5) is 24.6. The van der Waals surface area contributed by atoms with E-state index in [0.717, 1.165) is 32.9 Å². The molecular formula is C23H19N3O4. The van der Waals surface area contributed by atoms with E-state index in [-0.39, 0.29) is 5.91 Å². The fourth-order valence-corrected chi connectivity index (χ4v) is 3.81. The number of esters is 1. The quantitative estimate of drug-likeness (QED) is 0.511. The SMILES string of the molecule is COc1cc2[nH]nc(-c3ccc4ccccc4c3)c2cc1C(=O)N[C@@H]1CCOC1=O. The van der Waals surface area contributed by atoms with Crippen molar-refractivity contribution in [3.05, 3.63) is 60.2 Å². The zero-order chi connectivity index (χ0) is 20.7. The second-order valence-electron chi connectivity index (χ2n) is 7.21. The maximum Gasteiger partial charge on any atom is 0.328 e. The van der Waals surface area contributed by atoms with Crippen molar-refractivity contribution in [1.29, 1.82) is 0 Å². The fourth-order valence-electron chi connectivity index (χ4n) is 3.81. The van der Waals surface area contributed by atoms with Crippen LogP contribution in [0.1, 0.15) is 16.8 Å². The summed E-state index contributed by atoms with van der Waals surface area (Å²) in [6.45, 7) is 0.313. The van der Waals surface area contributed by atoms with Crippen molar-refractivity contribution in [2.45, 2.75) is 12.5 Å². The molecule has 0 radical (unpaired) electrons. The van der Waals surface area contributed by atoms with Crippen molar-refractivity contribution in [3.63, 3.8) is 0 Å². The third kappa shape index (κ3) is 3.04. The molecule has 0 aliphatic carbocycles. The van der Waals surface area contributed by atoms with E-state index in [1.165, 1.54) is 7.11 Å². The minimum absolute atomic E-state index is 0.313. The Morgan fingerprint density at radius 1 is 1.17 bits per heavy atom. The lowest BCUT2D eigenvalue weighted by atomic mass is 10.0. The predicted molar refractivity (Wildman–Crippen MR) is 112 cm³/mol. The van der Waals surface area contributed by atoms with Gasteiger partial charge in [0.25, 0.3) is 5.91 Å². The molecule has 1 aliphatic rings. The first-order valence-corrected chi connectivity index (χ1v) is 9.67. The number of benzene rings is 3. The molecule has 30 heavy (non-hydrogen) atoms. The van der Waals surface area contributed by atoms with Gasteiger partial charge in [0.1, 0.15) is 11.8 Å². The molecule has 0 spiro atoms. The molecule has 2 heterocycles. The van der Waals surface area contributed by atoms with Gasteiger partial charge in [-0.1, -0.05) is 36.4 Å². The molecule has 1 fully saturated rings. The normalized spacial score (nSPS) is 16.0. The standard InChI is InChI=1S/C23H19N3O4/c1-29-20-12-19-16(11-17(20)22(27)24-18-8-9-30-23(18)28)21(26-25-19)15-7-6-13-4-2-3-5-14(13)10-15/h2-7,10-12,18H,8-9H2,1H3,(H,24,27)(H,25,26)/t18-/m1/s1. The first kappa shape index (κ1) is 18.2. The van der Waals surface area contributed by atoms with Crippen LogP contribution in [0.5, 0.6) is 5.75 Å². The number of nitrogens with one attached hydrogen (secondary N) is 2. The van der Waals surface area contributed by atoms with Gasteiger partial charge in [-0.3, -0.25) is 9.89 Å². The monoisotopic (exact) mass is 401 g/mol. The van der Waals surface area contributed by atoms with Crippen molar-refractivity contribution in [2.75, 3.05) is 13.7 Å². The minimum atomic E-state index is -0.637. The highest BCUT2D eigenvalue weighted by Crippen LogP contribution is 2.33. The van der Waals surface area contributed by atoms with E-state index in [1.807, 2.05) is 24.3 Å². The molecule has 4 aromatic rings. The highest BCUT2D eigenvalue weighted by molar-refractivity contribution is 6.05. The number of fused-ring (bicyclic) bond motifs is 2. The number of hydrogen-bond donors (Lipinski definition) is 2. The fraction of sp³-hybridized carbons (Fsp3) is 0.174. The third-order valence-electron chi connectivity index (χ3n) is 5.39. The van der Waals surface area contributed by atoms with E-state index in [0.29, 0.717) is 24.3 Å². The van der Waals surface area contributed by atoms with Gasteiger partial charge in [0.2, 0.25) is 0 Å². The summed E-state index contributed by atoms with van der Waals surface area (Å²) in [5, 5.41) is 13.3. The lowest BCUT2D eigenvalue weighted by Gasteiger charge is -2.12. The smallest absolute Gasteiger partial charge is 0.328 e. The summed E-state index contributed by atoms with van der Waals surface area (Å²) in [6.07, 6.45) is 0.461. The van der Waals surface area contributed by atoms with Gasteiger partial charge >= 0.3 is 5.97 Å². The van der Waals surface area contributed by atoms with E-state index >= 15 is 0 Å².